The van der Waals surface area contributed by atoms with E-state index in [9.17, 15) is 9.59 Å². The van der Waals surface area contributed by atoms with Crippen LogP contribution in [0.15, 0.2) is 0 Å². The minimum Gasteiger partial charge on any atom is -0.342 e. The van der Waals surface area contributed by atoms with Crippen molar-refractivity contribution in [2.45, 2.75) is 60.8 Å². The average molecular weight is 366 g/mol. The molecule has 2 rings (SSSR count). The van der Waals surface area contributed by atoms with Crippen LogP contribution in [-0.2, 0) is 9.59 Å². The first-order valence-electron chi connectivity index (χ1n) is 10.4. The second kappa shape index (κ2) is 8.28. The number of nitrogens with zero attached hydrogens (tertiary/aromatic N) is 3. The molecule has 2 aliphatic heterocycles. The van der Waals surface area contributed by atoms with Gasteiger partial charge in [0.15, 0.2) is 0 Å². The summed E-state index contributed by atoms with van der Waals surface area (Å²) in [5.41, 5.74) is -0.311. The van der Waals surface area contributed by atoms with Gasteiger partial charge in [-0.3, -0.25) is 14.5 Å². The van der Waals surface area contributed by atoms with Crippen LogP contribution >= 0.6 is 0 Å². The Bertz CT molecular complexity index is 499. The number of amides is 2. The quantitative estimate of drug-likeness (QED) is 0.752. The van der Waals surface area contributed by atoms with Gasteiger partial charge in [-0.05, 0) is 30.6 Å². The van der Waals surface area contributed by atoms with Crippen molar-refractivity contribution < 1.29 is 9.59 Å². The highest BCUT2D eigenvalue weighted by atomic mass is 16.2. The van der Waals surface area contributed by atoms with Gasteiger partial charge in [-0.1, -0.05) is 34.6 Å². The van der Waals surface area contributed by atoms with E-state index in [1.807, 2.05) is 4.90 Å². The fourth-order valence-electron chi connectivity index (χ4n) is 4.06. The molecule has 0 bridgehead atoms. The molecule has 26 heavy (non-hydrogen) atoms. The Morgan fingerprint density at radius 3 is 1.88 bits per heavy atom. The van der Waals surface area contributed by atoms with Gasteiger partial charge in [-0.2, -0.15) is 0 Å². The molecule has 2 fully saturated rings. The van der Waals surface area contributed by atoms with Crippen LogP contribution < -0.4 is 0 Å². The topological polar surface area (TPSA) is 43.9 Å². The Morgan fingerprint density at radius 1 is 0.885 bits per heavy atom. The summed E-state index contributed by atoms with van der Waals surface area (Å²) in [6, 6.07) is 0. The Kier molecular flexibility index (Phi) is 6.75. The van der Waals surface area contributed by atoms with E-state index < -0.39 is 0 Å². The summed E-state index contributed by atoms with van der Waals surface area (Å²) in [6.45, 7) is 19.0. The van der Waals surface area contributed by atoms with Crippen molar-refractivity contribution in [3.63, 3.8) is 0 Å². The van der Waals surface area contributed by atoms with Crippen LogP contribution in [-0.4, -0.2) is 72.3 Å². The van der Waals surface area contributed by atoms with Crippen molar-refractivity contribution in [1.82, 2.24) is 14.7 Å². The zero-order valence-electron chi connectivity index (χ0n) is 17.8. The molecule has 0 atom stereocenters. The summed E-state index contributed by atoms with van der Waals surface area (Å²) in [5, 5.41) is 0. The van der Waals surface area contributed by atoms with Gasteiger partial charge in [-0.15, -0.1) is 0 Å². The molecule has 0 unspecified atom stereocenters. The molecule has 0 aliphatic carbocycles. The molecule has 0 aromatic carbocycles. The Morgan fingerprint density at radius 2 is 1.42 bits per heavy atom. The summed E-state index contributed by atoms with van der Waals surface area (Å²) in [7, 11) is 0. The van der Waals surface area contributed by atoms with E-state index in [1.165, 1.54) is 0 Å². The average Bonchev–Trinajstić information content (AvgIpc) is 2.62. The highest BCUT2D eigenvalue weighted by molar-refractivity contribution is 5.83. The molecule has 0 spiro atoms. The fourth-order valence-corrected chi connectivity index (χ4v) is 4.06. The number of hydrogen-bond donors (Lipinski definition) is 0. The third kappa shape index (κ3) is 4.59. The van der Waals surface area contributed by atoms with Gasteiger partial charge < -0.3 is 9.80 Å². The zero-order valence-corrected chi connectivity index (χ0v) is 17.8. The molecule has 2 amide bonds. The molecule has 0 N–H and O–H groups in total. The maximum atomic E-state index is 13.1. The number of piperidine rings is 1. The molecule has 5 heteroatoms. The fraction of sp³-hybridized carbons (Fsp3) is 0.905. The van der Waals surface area contributed by atoms with Crippen molar-refractivity contribution in [1.29, 1.82) is 0 Å². The lowest BCUT2D eigenvalue weighted by atomic mass is 9.65. The van der Waals surface area contributed by atoms with Crippen molar-refractivity contribution in [3.8, 4) is 0 Å². The van der Waals surface area contributed by atoms with Gasteiger partial charge in [0.25, 0.3) is 0 Å². The molecule has 5 nitrogen and oxygen atoms in total. The van der Waals surface area contributed by atoms with Crippen LogP contribution in [0.3, 0.4) is 0 Å². The van der Waals surface area contributed by atoms with Crippen molar-refractivity contribution >= 4 is 11.8 Å². The van der Waals surface area contributed by atoms with Crippen molar-refractivity contribution in [3.05, 3.63) is 0 Å². The molecule has 2 saturated heterocycles. The Labute approximate surface area is 160 Å². The molecular weight excluding hydrogens is 326 g/mol. The molecule has 0 aromatic heterocycles. The van der Waals surface area contributed by atoms with Crippen LogP contribution in [0.4, 0.5) is 0 Å². The molecule has 2 heterocycles. The van der Waals surface area contributed by atoms with Gasteiger partial charge in [0, 0.05) is 58.2 Å². The second-order valence-corrected chi connectivity index (χ2v) is 9.40. The molecule has 2 aliphatic rings. The minimum absolute atomic E-state index is 0.0112. The Balaban J connectivity index is 1.80. The lowest BCUT2D eigenvalue weighted by Gasteiger charge is -2.45. The van der Waals surface area contributed by atoms with E-state index in [2.05, 4.69) is 44.4 Å². The molecule has 0 aromatic rings. The standard InChI is InChI=1S/C21H39N3O2/c1-7-20(3,4)21(5,6)19(26)24-10-8-18(9-11-24)16-22-12-14-23(15-13-22)17(2)25/h18H,7-16H2,1-6H3. The normalized spacial score (nSPS) is 21.2. The predicted molar refractivity (Wildman–Crippen MR) is 106 cm³/mol. The maximum absolute atomic E-state index is 13.1. The Hall–Kier alpha value is -1.10. The summed E-state index contributed by atoms with van der Waals surface area (Å²) >= 11 is 0. The van der Waals surface area contributed by atoms with E-state index in [0.717, 1.165) is 65.1 Å². The smallest absolute Gasteiger partial charge is 0.228 e. The third-order valence-corrected chi connectivity index (χ3v) is 7.35. The SMILES string of the molecule is CCC(C)(C)C(C)(C)C(=O)N1CCC(CN2CCN(C(C)=O)CC2)CC1. The molecular formula is C21H39N3O2. The first-order chi connectivity index (χ1) is 12.1. The van der Waals surface area contributed by atoms with E-state index in [0.29, 0.717) is 11.8 Å². The number of likely N-dealkylation sites (tertiary alicyclic amines) is 1. The van der Waals surface area contributed by atoms with Gasteiger partial charge in [0.2, 0.25) is 11.8 Å². The highest BCUT2D eigenvalue weighted by Crippen LogP contribution is 2.43. The van der Waals surface area contributed by atoms with Gasteiger partial charge >= 0.3 is 0 Å². The highest BCUT2D eigenvalue weighted by Gasteiger charge is 2.44. The number of piperazine rings is 1. The van der Waals surface area contributed by atoms with Crippen LogP contribution in [0.2, 0.25) is 0 Å². The first-order valence-corrected chi connectivity index (χ1v) is 10.4. The van der Waals surface area contributed by atoms with Crippen molar-refractivity contribution in [2.75, 3.05) is 45.8 Å². The van der Waals surface area contributed by atoms with E-state index in [-0.39, 0.29) is 16.7 Å². The summed E-state index contributed by atoms with van der Waals surface area (Å²) in [6.07, 6.45) is 3.21. The largest absolute Gasteiger partial charge is 0.342 e. The van der Waals surface area contributed by atoms with Gasteiger partial charge in [0.05, 0.1) is 0 Å². The third-order valence-electron chi connectivity index (χ3n) is 7.35. The summed E-state index contributed by atoms with van der Waals surface area (Å²) < 4.78 is 0. The maximum Gasteiger partial charge on any atom is 0.228 e. The van der Waals surface area contributed by atoms with Crippen LogP contribution in [0.5, 0.6) is 0 Å². The van der Waals surface area contributed by atoms with Gasteiger partial charge in [-0.25, -0.2) is 0 Å². The predicted octanol–water partition coefficient (Wildman–Crippen LogP) is 2.85. The van der Waals surface area contributed by atoms with Crippen molar-refractivity contribution in [2.24, 2.45) is 16.7 Å². The van der Waals surface area contributed by atoms with Crippen LogP contribution in [0, 0.1) is 16.7 Å². The number of rotatable bonds is 5. The molecule has 0 saturated carbocycles. The monoisotopic (exact) mass is 365 g/mol. The van der Waals surface area contributed by atoms with E-state index in [1.54, 1.807) is 6.92 Å². The summed E-state index contributed by atoms with van der Waals surface area (Å²) in [5.74, 6) is 1.18. The van der Waals surface area contributed by atoms with E-state index >= 15 is 0 Å². The molecule has 150 valence electrons. The minimum atomic E-state index is -0.322. The summed E-state index contributed by atoms with van der Waals surface area (Å²) in [4.78, 5) is 31.1. The van der Waals surface area contributed by atoms with Gasteiger partial charge in [0.1, 0.15) is 0 Å². The van der Waals surface area contributed by atoms with Crippen LogP contribution in [0.1, 0.15) is 60.8 Å². The number of hydrogen-bond acceptors (Lipinski definition) is 3. The second-order valence-electron chi connectivity index (χ2n) is 9.40. The zero-order chi connectivity index (χ0) is 19.5. The number of carbonyl (C=O) groups excluding carboxylic acids is 2. The lowest BCUT2D eigenvalue weighted by Crippen LogP contribution is -2.52. The first kappa shape index (κ1) is 21.2. The number of carbonyl (C=O) groups is 2. The van der Waals surface area contributed by atoms with E-state index in [4.69, 9.17) is 0 Å². The lowest BCUT2D eigenvalue weighted by molar-refractivity contribution is -0.148. The molecule has 0 radical (unpaired) electrons. The van der Waals surface area contributed by atoms with Crippen LogP contribution in [0.25, 0.3) is 0 Å².